The third-order valence-electron chi connectivity index (χ3n) is 8.31. The number of methoxy groups -OCH3 is 1. The van der Waals surface area contributed by atoms with Gasteiger partial charge < -0.3 is 14.4 Å². The predicted molar refractivity (Wildman–Crippen MR) is 171 cm³/mol. The van der Waals surface area contributed by atoms with Crippen molar-refractivity contribution in [1.82, 2.24) is 23.6 Å². The van der Waals surface area contributed by atoms with E-state index in [4.69, 9.17) is 32.7 Å². The highest BCUT2D eigenvalue weighted by molar-refractivity contribution is 6.42. The molecule has 3 heterocycles. The number of imidazole rings is 1. The van der Waals surface area contributed by atoms with Crippen LogP contribution in [0.4, 0.5) is 13.2 Å². The number of nitrogens with zero attached hydrogens (tertiary/aromatic N) is 5. The van der Waals surface area contributed by atoms with Crippen molar-refractivity contribution in [2.24, 2.45) is 0 Å². The van der Waals surface area contributed by atoms with E-state index in [0.717, 1.165) is 23.1 Å². The van der Waals surface area contributed by atoms with Crippen molar-refractivity contribution in [3.05, 3.63) is 91.1 Å². The maximum absolute atomic E-state index is 15.2. The van der Waals surface area contributed by atoms with Crippen LogP contribution in [0.3, 0.4) is 0 Å². The second-order valence-corrected chi connectivity index (χ2v) is 12.0. The van der Waals surface area contributed by atoms with Crippen LogP contribution in [0, 0.1) is 5.82 Å². The van der Waals surface area contributed by atoms with Crippen molar-refractivity contribution < 1.29 is 27.4 Å². The summed E-state index contributed by atoms with van der Waals surface area (Å²) in [5.41, 5.74) is 1.01. The number of halogens is 5. The van der Waals surface area contributed by atoms with Crippen molar-refractivity contribution in [2.45, 2.75) is 31.5 Å². The Morgan fingerprint density at radius 2 is 1.72 bits per heavy atom. The largest absolute Gasteiger partial charge is 0.495 e. The lowest BCUT2D eigenvalue weighted by molar-refractivity contribution is -0.119. The van der Waals surface area contributed by atoms with Gasteiger partial charge in [-0.1, -0.05) is 29.3 Å². The lowest BCUT2D eigenvalue weighted by Crippen LogP contribution is -2.44. The van der Waals surface area contributed by atoms with E-state index in [-0.39, 0.29) is 17.4 Å². The first-order valence-electron chi connectivity index (χ1n) is 14.6. The van der Waals surface area contributed by atoms with E-state index in [9.17, 15) is 23.2 Å². The molecule has 246 valence electrons. The zero-order valence-electron chi connectivity index (χ0n) is 25.0. The van der Waals surface area contributed by atoms with Crippen molar-refractivity contribution >= 4 is 51.5 Å². The minimum absolute atomic E-state index is 0.0152. The molecule has 1 aliphatic heterocycles. The van der Waals surface area contributed by atoms with Gasteiger partial charge in [-0.15, -0.1) is 0 Å². The van der Waals surface area contributed by atoms with Gasteiger partial charge in [-0.25, -0.2) is 22.9 Å². The van der Waals surface area contributed by atoms with Gasteiger partial charge >= 0.3 is 5.69 Å². The second kappa shape index (κ2) is 13.3. The Morgan fingerprint density at radius 3 is 2.40 bits per heavy atom. The fourth-order valence-electron chi connectivity index (χ4n) is 5.89. The molecule has 1 saturated heterocycles. The molecule has 47 heavy (non-hydrogen) atoms. The van der Waals surface area contributed by atoms with E-state index in [1.54, 1.807) is 46.1 Å². The molecule has 1 fully saturated rings. The number of aromatic nitrogens is 4. The first-order chi connectivity index (χ1) is 22.7. The molecule has 0 radical (unpaired) electrons. The monoisotopic (exact) mass is 689 g/mol. The number of hydrogen-bond donors (Lipinski definition) is 0. The summed E-state index contributed by atoms with van der Waals surface area (Å²) in [6, 6.07) is 10.1. The lowest BCUT2D eigenvalue weighted by Gasteiger charge is -2.31. The van der Waals surface area contributed by atoms with E-state index in [1.165, 1.54) is 11.7 Å². The van der Waals surface area contributed by atoms with E-state index in [0.29, 0.717) is 64.0 Å². The topological polar surface area (TPSA) is 101 Å². The summed E-state index contributed by atoms with van der Waals surface area (Å²) in [5.74, 6) is -1.08. The number of piperidine rings is 1. The van der Waals surface area contributed by atoms with Crippen LogP contribution in [0.2, 0.25) is 10.0 Å². The molecule has 5 aromatic rings. The molecule has 0 spiro atoms. The maximum atomic E-state index is 15.2. The molecule has 0 saturated carbocycles. The van der Waals surface area contributed by atoms with Gasteiger partial charge in [0.25, 0.3) is 5.56 Å². The highest BCUT2D eigenvalue weighted by Crippen LogP contribution is 2.33. The molecule has 0 aliphatic carbocycles. The van der Waals surface area contributed by atoms with E-state index < -0.39 is 48.3 Å². The number of carbonyl (C=O) groups is 1. The SMILES string of the molecule is COc1cc(Cn2c(=O)c3cc(OC(CF)CF)c(F)cc3n(C3CCN(C=O)CC3)c2=O)ccc1-n1cnc2cc(Cl)c(Cl)cc21. The number of ether oxygens (including phenoxy) is 2. The van der Waals surface area contributed by atoms with Crippen LogP contribution >= 0.6 is 23.2 Å². The molecule has 15 heteroatoms. The lowest BCUT2D eigenvalue weighted by atomic mass is 10.0. The number of likely N-dealkylation sites (tertiary alicyclic amines) is 1. The second-order valence-electron chi connectivity index (χ2n) is 11.1. The Morgan fingerprint density at radius 1 is 1.00 bits per heavy atom. The van der Waals surface area contributed by atoms with E-state index >= 15 is 4.39 Å². The summed E-state index contributed by atoms with van der Waals surface area (Å²) in [4.78, 5) is 45.2. The highest BCUT2D eigenvalue weighted by Gasteiger charge is 2.26. The molecule has 0 unspecified atom stereocenters. The number of hydrogen-bond acceptors (Lipinski definition) is 6. The number of amides is 1. The van der Waals surface area contributed by atoms with Crippen molar-refractivity contribution in [3.63, 3.8) is 0 Å². The number of alkyl halides is 2. The fourth-order valence-corrected chi connectivity index (χ4v) is 6.21. The zero-order chi connectivity index (χ0) is 33.4. The third kappa shape index (κ3) is 6.05. The van der Waals surface area contributed by atoms with Gasteiger partial charge in [0.2, 0.25) is 6.41 Å². The Labute approximate surface area is 275 Å². The molecule has 0 atom stereocenters. The summed E-state index contributed by atoms with van der Waals surface area (Å²) in [7, 11) is 1.48. The van der Waals surface area contributed by atoms with E-state index in [1.807, 2.05) is 0 Å². The molecular formula is C32H28Cl2F3N5O5. The minimum Gasteiger partial charge on any atom is -0.495 e. The Kier molecular flexibility index (Phi) is 9.20. The molecule has 0 bridgehead atoms. The molecule has 2 aromatic heterocycles. The van der Waals surface area contributed by atoms with Gasteiger partial charge in [-0.3, -0.25) is 23.3 Å². The summed E-state index contributed by atoms with van der Waals surface area (Å²) >= 11 is 12.4. The molecule has 0 N–H and O–H groups in total. The summed E-state index contributed by atoms with van der Waals surface area (Å²) < 4.78 is 56.7. The summed E-state index contributed by atoms with van der Waals surface area (Å²) in [6.45, 7) is -1.88. The van der Waals surface area contributed by atoms with Crippen LogP contribution in [0.5, 0.6) is 11.5 Å². The number of carbonyl (C=O) groups excluding carboxylic acids is 1. The standard InChI is InChI=1S/C32H28Cl2F3N5O5/c1-46-30-8-18(2-3-26(30)41-16-38-25-10-22(33)23(34)11-28(25)41)15-40-31(44)21-9-29(47-20(13-35)14-36)24(37)12-27(21)42(32(40)45)19-4-6-39(17-43)7-5-19/h2-3,8-12,16-17,19-20H,4-7,13-15H2,1H3. The number of benzene rings is 3. The molecule has 10 nitrogen and oxygen atoms in total. The average Bonchev–Trinajstić information content (AvgIpc) is 3.48. The number of fused-ring (bicyclic) bond motifs is 2. The van der Waals surface area contributed by atoms with Crippen LogP contribution in [0.25, 0.3) is 27.6 Å². The quantitative estimate of drug-likeness (QED) is 0.180. The average molecular weight is 691 g/mol. The zero-order valence-corrected chi connectivity index (χ0v) is 26.5. The van der Waals surface area contributed by atoms with Gasteiger partial charge in [0.1, 0.15) is 25.4 Å². The van der Waals surface area contributed by atoms with Crippen molar-refractivity contribution in [3.8, 4) is 17.2 Å². The van der Waals surface area contributed by atoms with Crippen LogP contribution < -0.4 is 20.7 Å². The van der Waals surface area contributed by atoms with Crippen LogP contribution in [-0.2, 0) is 11.3 Å². The molecule has 1 amide bonds. The Balaban J connectivity index is 1.46. The summed E-state index contributed by atoms with van der Waals surface area (Å²) in [5, 5.41) is 0.636. The van der Waals surface area contributed by atoms with Crippen LogP contribution in [-0.4, -0.2) is 69.6 Å². The minimum atomic E-state index is -1.56. The summed E-state index contributed by atoms with van der Waals surface area (Å²) in [6.07, 6.45) is 1.52. The highest BCUT2D eigenvalue weighted by atomic mass is 35.5. The first kappa shape index (κ1) is 32.5. The van der Waals surface area contributed by atoms with Gasteiger partial charge in [-0.05, 0) is 48.7 Å². The first-order valence-corrected chi connectivity index (χ1v) is 15.4. The number of rotatable bonds is 10. The predicted octanol–water partition coefficient (Wildman–Crippen LogP) is 5.48. The normalized spacial score (nSPS) is 14.0. The Hall–Kier alpha value is -4.49. The Bertz CT molecular complexity index is 2110. The fraction of sp³-hybridized carbons (Fsp3) is 0.312. The molecular weight excluding hydrogens is 662 g/mol. The van der Waals surface area contributed by atoms with Gasteiger partial charge in [0, 0.05) is 25.2 Å². The molecule has 3 aromatic carbocycles. The van der Waals surface area contributed by atoms with Gasteiger partial charge in [0.05, 0.1) is 51.3 Å². The third-order valence-corrected chi connectivity index (χ3v) is 9.03. The van der Waals surface area contributed by atoms with E-state index in [2.05, 4.69) is 4.98 Å². The van der Waals surface area contributed by atoms with Crippen LogP contribution in [0.15, 0.2) is 58.4 Å². The smallest absolute Gasteiger partial charge is 0.332 e. The van der Waals surface area contributed by atoms with Crippen molar-refractivity contribution in [1.29, 1.82) is 0 Å². The van der Waals surface area contributed by atoms with Gasteiger partial charge in [-0.2, -0.15) is 0 Å². The van der Waals surface area contributed by atoms with Gasteiger partial charge in [0.15, 0.2) is 17.7 Å². The van der Waals surface area contributed by atoms with Crippen LogP contribution in [0.1, 0.15) is 24.4 Å². The molecule has 6 rings (SSSR count). The van der Waals surface area contributed by atoms with Crippen molar-refractivity contribution in [2.75, 3.05) is 33.5 Å². The maximum Gasteiger partial charge on any atom is 0.332 e. The molecule has 1 aliphatic rings.